The van der Waals surface area contributed by atoms with Crippen LogP contribution in [-0.2, 0) is 11.2 Å². The molecule has 2 atom stereocenters. The quantitative estimate of drug-likeness (QED) is 0.399. The Balaban J connectivity index is 1.39. The van der Waals surface area contributed by atoms with Crippen LogP contribution in [0.2, 0.25) is 5.02 Å². The molecule has 5 rings (SSSR count). The number of carbonyl (C=O) groups excluding carboxylic acids is 1. The number of aromatic nitrogens is 3. The van der Waals surface area contributed by atoms with E-state index in [1.165, 1.54) is 0 Å². The monoisotopic (exact) mass is 473 g/mol. The van der Waals surface area contributed by atoms with E-state index in [-0.39, 0.29) is 30.4 Å². The fourth-order valence-corrected chi connectivity index (χ4v) is 4.32. The molecule has 0 saturated carbocycles. The molecule has 0 saturated heterocycles. The Labute approximate surface area is 202 Å². The summed E-state index contributed by atoms with van der Waals surface area (Å²) in [5.41, 5.74) is 3.13. The topological polar surface area (TPSA) is 81.1 Å². The van der Waals surface area contributed by atoms with Crippen molar-refractivity contribution < 1.29 is 9.53 Å². The van der Waals surface area contributed by atoms with Gasteiger partial charge in [0.05, 0.1) is 25.6 Å². The largest absolute Gasteiger partial charge is 0.497 e. The van der Waals surface area contributed by atoms with Crippen molar-refractivity contribution in [3.05, 3.63) is 101 Å². The molecular weight excluding hydrogens is 450 g/mol. The van der Waals surface area contributed by atoms with E-state index in [0.717, 1.165) is 28.9 Å². The van der Waals surface area contributed by atoms with Gasteiger partial charge in [0.15, 0.2) is 0 Å². The molecule has 3 aromatic carbocycles. The molecule has 0 aliphatic carbocycles. The summed E-state index contributed by atoms with van der Waals surface area (Å²) >= 11 is 6.09. The van der Waals surface area contributed by atoms with Gasteiger partial charge in [-0.1, -0.05) is 66.2 Å². The Morgan fingerprint density at radius 2 is 1.79 bits per heavy atom. The third-order valence-electron chi connectivity index (χ3n) is 5.92. The first-order valence-electron chi connectivity index (χ1n) is 11.1. The summed E-state index contributed by atoms with van der Waals surface area (Å²) in [5.74, 6) is 1.46. The third kappa shape index (κ3) is 4.75. The molecule has 34 heavy (non-hydrogen) atoms. The van der Waals surface area contributed by atoms with Crippen molar-refractivity contribution in [1.82, 2.24) is 14.8 Å². The molecule has 172 valence electrons. The Kier molecular flexibility index (Phi) is 6.18. The first-order valence-corrected chi connectivity index (χ1v) is 11.4. The van der Waals surface area contributed by atoms with E-state index in [1.54, 1.807) is 7.11 Å². The van der Waals surface area contributed by atoms with Gasteiger partial charge >= 0.3 is 0 Å². The lowest BCUT2D eigenvalue weighted by molar-refractivity contribution is -0.115. The number of amides is 1. The van der Waals surface area contributed by atoms with Crippen LogP contribution in [0.3, 0.4) is 0 Å². The van der Waals surface area contributed by atoms with Crippen molar-refractivity contribution in [2.75, 3.05) is 17.7 Å². The van der Waals surface area contributed by atoms with Gasteiger partial charge in [-0.2, -0.15) is 4.98 Å². The van der Waals surface area contributed by atoms with E-state index in [0.29, 0.717) is 11.0 Å². The predicted octanol–water partition coefficient (Wildman–Crippen LogP) is 5.27. The Hall–Kier alpha value is -3.84. The van der Waals surface area contributed by atoms with Crippen LogP contribution in [0.25, 0.3) is 0 Å². The van der Waals surface area contributed by atoms with Crippen LogP contribution in [0.1, 0.15) is 35.2 Å². The molecule has 0 unspecified atom stereocenters. The Bertz CT molecular complexity index is 1270. The number of methoxy groups -OCH3 is 1. The molecule has 1 aliphatic rings. The summed E-state index contributed by atoms with van der Waals surface area (Å²) in [6.45, 7) is 0. The van der Waals surface area contributed by atoms with E-state index in [9.17, 15) is 4.79 Å². The van der Waals surface area contributed by atoms with Gasteiger partial charge in [0.1, 0.15) is 5.75 Å². The van der Waals surface area contributed by atoms with Crippen LogP contribution in [0.4, 0.5) is 11.9 Å². The van der Waals surface area contributed by atoms with Gasteiger partial charge in [-0.3, -0.25) is 10.1 Å². The van der Waals surface area contributed by atoms with Crippen LogP contribution < -0.4 is 15.4 Å². The zero-order chi connectivity index (χ0) is 23.5. The molecule has 0 bridgehead atoms. The van der Waals surface area contributed by atoms with Crippen molar-refractivity contribution in [1.29, 1.82) is 0 Å². The normalized spacial score (nSPS) is 16.9. The molecule has 1 aromatic heterocycles. The van der Waals surface area contributed by atoms with Crippen molar-refractivity contribution in [3.63, 3.8) is 0 Å². The molecule has 2 heterocycles. The molecule has 0 spiro atoms. The van der Waals surface area contributed by atoms with Gasteiger partial charge in [0, 0.05) is 5.02 Å². The number of carbonyl (C=O) groups is 1. The first kappa shape index (κ1) is 22.0. The number of ether oxygens (including phenoxy) is 1. The van der Waals surface area contributed by atoms with Crippen LogP contribution in [0.5, 0.6) is 5.75 Å². The maximum absolute atomic E-state index is 12.7. The Morgan fingerprint density at radius 3 is 2.50 bits per heavy atom. The number of halogens is 1. The van der Waals surface area contributed by atoms with E-state index < -0.39 is 0 Å². The highest BCUT2D eigenvalue weighted by atomic mass is 35.5. The fourth-order valence-electron chi connectivity index (χ4n) is 4.19. The van der Waals surface area contributed by atoms with Crippen molar-refractivity contribution in [2.24, 2.45) is 0 Å². The van der Waals surface area contributed by atoms with Crippen LogP contribution in [0.15, 0.2) is 78.9 Å². The Morgan fingerprint density at radius 1 is 1.06 bits per heavy atom. The lowest BCUT2D eigenvalue weighted by atomic mass is 9.93. The number of anilines is 2. The van der Waals surface area contributed by atoms with Crippen LogP contribution in [0, 0.1) is 0 Å². The molecule has 4 aromatic rings. The number of hydrogen-bond donors (Lipinski definition) is 2. The van der Waals surface area contributed by atoms with Crippen molar-refractivity contribution >= 4 is 29.4 Å². The van der Waals surface area contributed by atoms with Gasteiger partial charge in [-0.05, 0) is 47.4 Å². The average Bonchev–Trinajstić information content (AvgIpc) is 3.27. The van der Waals surface area contributed by atoms with Gasteiger partial charge in [-0.25, -0.2) is 4.68 Å². The summed E-state index contributed by atoms with van der Waals surface area (Å²) in [4.78, 5) is 17.2. The zero-order valence-electron chi connectivity index (χ0n) is 18.6. The maximum Gasteiger partial charge on any atom is 0.250 e. The lowest BCUT2D eigenvalue weighted by Gasteiger charge is -2.31. The van der Waals surface area contributed by atoms with Gasteiger partial charge in [-0.15, -0.1) is 5.10 Å². The van der Waals surface area contributed by atoms with E-state index >= 15 is 0 Å². The highest BCUT2D eigenvalue weighted by molar-refractivity contribution is 6.30. The number of nitrogens with one attached hydrogen (secondary N) is 2. The molecule has 0 fully saturated rings. The van der Waals surface area contributed by atoms with E-state index in [2.05, 4.69) is 32.8 Å². The summed E-state index contributed by atoms with van der Waals surface area (Å²) in [6, 6.07) is 25.4. The number of benzene rings is 3. The average molecular weight is 474 g/mol. The fraction of sp³-hybridized carbons (Fsp3) is 0.192. The first-order chi connectivity index (χ1) is 16.6. The molecule has 0 radical (unpaired) electrons. The molecule has 7 nitrogen and oxygen atoms in total. The van der Waals surface area contributed by atoms with Crippen LogP contribution in [-0.4, -0.2) is 27.8 Å². The minimum atomic E-state index is -0.182. The minimum absolute atomic E-state index is 0.0297. The van der Waals surface area contributed by atoms with E-state index in [1.807, 2.05) is 71.4 Å². The molecule has 2 N–H and O–H groups in total. The zero-order valence-corrected chi connectivity index (χ0v) is 19.4. The minimum Gasteiger partial charge on any atom is -0.497 e. The van der Waals surface area contributed by atoms with E-state index in [4.69, 9.17) is 16.3 Å². The van der Waals surface area contributed by atoms with Crippen LogP contribution >= 0.6 is 11.6 Å². The molecule has 1 amide bonds. The highest BCUT2D eigenvalue weighted by Crippen LogP contribution is 2.38. The van der Waals surface area contributed by atoms with Gasteiger partial charge in [0.25, 0.3) is 5.95 Å². The van der Waals surface area contributed by atoms with Gasteiger partial charge < -0.3 is 10.1 Å². The van der Waals surface area contributed by atoms with Gasteiger partial charge in [0.2, 0.25) is 11.9 Å². The maximum atomic E-state index is 12.7. The standard InChI is InChI=1S/C26H24ClN5O2/c1-34-21-13-7-17(8-14-21)15-24(33)29-25-30-26-28-22(18-9-11-20(27)12-10-18)16-23(32(26)31-25)19-5-3-2-4-6-19/h2-14,22-23H,15-16H2,1H3,(H2,28,29,30,31,33)/t22-,23+/m0/s1. The second kappa shape index (κ2) is 9.57. The summed E-state index contributed by atoms with van der Waals surface area (Å²) in [6.07, 6.45) is 0.998. The summed E-state index contributed by atoms with van der Waals surface area (Å²) in [7, 11) is 1.61. The lowest BCUT2D eigenvalue weighted by Crippen LogP contribution is -2.28. The molecule has 1 aliphatic heterocycles. The smallest absolute Gasteiger partial charge is 0.250 e. The number of rotatable bonds is 6. The summed E-state index contributed by atoms with van der Waals surface area (Å²) in [5, 5.41) is 11.6. The third-order valence-corrected chi connectivity index (χ3v) is 6.17. The summed E-state index contributed by atoms with van der Waals surface area (Å²) < 4.78 is 7.02. The SMILES string of the molecule is COc1ccc(CC(=O)Nc2nc3n(n2)[C@@H](c2ccccc2)C[C@@H](c2ccc(Cl)cc2)N3)cc1. The number of hydrogen-bond acceptors (Lipinski definition) is 5. The number of fused-ring (bicyclic) bond motifs is 1. The van der Waals surface area contributed by atoms with Crippen molar-refractivity contribution in [3.8, 4) is 5.75 Å². The molecular formula is C26H24ClN5O2. The predicted molar refractivity (Wildman–Crippen MR) is 132 cm³/mol. The highest BCUT2D eigenvalue weighted by Gasteiger charge is 2.31. The second-order valence-corrected chi connectivity index (χ2v) is 8.62. The van der Waals surface area contributed by atoms with Crippen molar-refractivity contribution in [2.45, 2.75) is 24.9 Å². The number of nitrogens with zero attached hydrogens (tertiary/aromatic N) is 3. The molecule has 8 heteroatoms. The second-order valence-electron chi connectivity index (χ2n) is 8.19.